The first kappa shape index (κ1) is 24.4. The van der Waals surface area contributed by atoms with E-state index in [2.05, 4.69) is 6.07 Å². The lowest BCUT2D eigenvalue weighted by Gasteiger charge is -2.09. The van der Waals surface area contributed by atoms with Crippen molar-refractivity contribution in [2.24, 2.45) is 0 Å². The number of hydrogen-bond donors (Lipinski definition) is 0. The summed E-state index contributed by atoms with van der Waals surface area (Å²) < 4.78 is 21.3. The van der Waals surface area contributed by atoms with E-state index in [9.17, 15) is 10.1 Å². The van der Waals surface area contributed by atoms with E-state index >= 15 is 0 Å². The fourth-order valence-corrected chi connectivity index (χ4v) is 3.22. The van der Waals surface area contributed by atoms with Crippen molar-refractivity contribution < 1.29 is 23.7 Å². The molecule has 0 radical (unpaired) electrons. The molecule has 34 heavy (non-hydrogen) atoms. The minimum absolute atomic E-state index is 0.256. The Kier molecular flexibility index (Phi) is 8.33. The predicted octanol–water partition coefficient (Wildman–Crippen LogP) is 6.05. The summed E-state index contributed by atoms with van der Waals surface area (Å²) in [5, 5.41) is 10.1. The molecule has 3 aromatic carbocycles. The Morgan fingerprint density at radius 1 is 0.824 bits per heavy atom. The number of nitriles is 1. The van der Waals surface area contributed by atoms with Crippen LogP contribution < -0.4 is 18.9 Å². The number of benzene rings is 3. The topological polar surface area (TPSA) is 77.8 Å². The average molecular weight is 476 g/mol. The number of carbonyl (C=O) groups excluding carboxylic acids is 1. The number of ether oxygens (including phenoxy) is 4. The lowest BCUT2D eigenvalue weighted by molar-refractivity contribution is -0.129. The van der Waals surface area contributed by atoms with Crippen molar-refractivity contribution in [1.29, 1.82) is 5.26 Å². The molecule has 0 saturated carbocycles. The Morgan fingerprint density at radius 3 is 2.06 bits per heavy atom. The van der Waals surface area contributed by atoms with Gasteiger partial charge in [0.25, 0.3) is 0 Å². The zero-order chi connectivity index (χ0) is 24.5. The summed E-state index contributed by atoms with van der Waals surface area (Å²) in [6.07, 6.45) is 4.64. The highest BCUT2D eigenvalue weighted by Gasteiger charge is 2.10. The summed E-state index contributed by atoms with van der Waals surface area (Å²) in [7, 11) is 4.57. The number of hydrogen-bond acceptors (Lipinski definition) is 6. The maximum Gasteiger partial charge on any atom is 0.336 e. The molecule has 0 aliphatic carbocycles. The van der Waals surface area contributed by atoms with Gasteiger partial charge in [0.15, 0.2) is 23.0 Å². The van der Waals surface area contributed by atoms with Crippen molar-refractivity contribution in [3.63, 3.8) is 0 Å². The monoisotopic (exact) mass is 475 g/mol. The van der Waals surface area contributed by atoms with Crippen LogP contribution >= 0.6 is 11.6 Å². The van der Waals surface area contributed by atoms with Crippen molar-refractivity contribution in [3.05, 3.63) is 88.5 Å². The lowest BCUT2D eigenvalue weighted by Crippen LogP contribution is -2.05. The molecular formula is C27H22ClNO5. The standard InChI is InChI=1S/C27H22ClNO5/c1-31-23-11-4-18(15-25(23)32-2)6-13-27(30)34-24-12-5-19(16-26(24)33-3)14-21(17-29)20-7-9-22(28)10-8-20/h4-16H,1-3H3. The Hall–Kier alpha value is -4.21. The molecule has 0 unspecified atom stereocenters. The van der Waals surface area contributed by atoms with Crippen LogP contribution in [-0.2, 0) is 4.79 Å². The number of allylic oxidation sites excluding steroid dienone is 1. The summed E-state index contributed by atoms with van der Waals surface area (Å²) in [6, 6.07) is 19.5. The minimum atomic E-state index is -0.574. The second-order valence-electron chi connectivity index (χ2n) is 6.96. The molecule has 0 spiro atoms. The molecule has 0 aliphatic rings. The van der Waals surface area contributed by atoms with Crippen LogP contribution in [-0.4, -0.2) is 27.3 Å². The molecule has 0 amide bonds. The zero-order valence-corrected chi connectivity index (χ0v) is 19.6. The van der Waals surface area contributed by atoms with Gasteiger partial charge in [0.1, 0.15) is 0 Å². The summed E-state index contributed by atoms with van der Waals surface area (Å²) in [6.45, 7) is 0. The van der Waals surface area contributed by atoms with E-state index in [4.69, 9.17) is 30.5 Å². The maximum absolute atomic E-state index is 12.4. The van der Waals surface area contributed by atoms with Gasteiger partial charge >= 0.3 is 5.97 Å². The van der Waals surface area contributed by atoms with Crippen molar-refractivity contribution in [2.45, 2.75) is 0 Å². The third kappa shape index (κ3) is 6.18. The largest absolute Gasteiger partial charge is 0.493 e. The molecule has 0 N–H and O–H groups in total. The molecule has 172 valence electrons. The number of rotatable bonds is 8. The quantitative estimate of drug-likeness (QED) is 0.130. The lowest BCUT2D eigenvalue weighted by atomic mass is 10.0. The molecule has 3 rings (SSSR count). The molecule has 0 fully saturated rings. The second-order valence-corrected chi connectivity index (χ2v) is 7.39. The molecule has 0 atom stereocenters. The summed E-state index contributed by atoms with van der Waals surface area (Å²) in [5.74, 6) is 1.19. The van der Waals surface area contributed by atoms with Gasteiger partial charge in [-0.25, -0.2) is 4.79 Å². The fourth-order valence-electron chi connectivity index (χ4n) is 3.10. The van der Waals surface area contributed by atoms with Gasteiger partial charge in [-0.1, -0.05) is 35.9 Å². The number of methoxy groups -OCH3 is 3. The highest BCUT2D eigenvalue weighted by Crippen LogP contribution is 2.31. The molecule has 0 aromatic heterocycles. The normalized spacial score (nSPS) is 11.1. The Labute approximate surface area is 203 Å². The molecule has 0 saturated heterocycles. The molecule has 7 heteroatoms. The Bertz CT molecular complexity index is 1270. The van der Waals surface area contributed by atoms with Crippen LogP contribution in [0, 0.1) is 11.3 Å². The van der Waals surface area contributed by atoms with E-state index < -0.39 is 5.97 Å². The third-order valence-corrected chi connectivity index (χ3v) is 5.06. The van der Waals surface area contributed by atoms with E-state index in [1.165, 1.54) is 13.2 Å². The van der Waals surface area contributed by atoms with E-state index in [0.717, 1.165) is 11.1 Å². The van der Waals surface area contributed by atoms with Crippen molar-refractivity contribution >= 4 is 35.3 Å². The third-order valence-electron chi connectivity index (χ3n) is 4.80. The number of esters is 1. The van der Waals surface area contributed by atoms with Gasteiger partial charge in [0.05, 0.1) is 33.0 Å². The smallest absolute Gasteiger partial charge is 0.336 e. The Morgan fingerprint density at radius 2 is 1.41 bits per heavy atom. The maximum atomic E-state index is 12.4. The van der Waals surface area contributed by atoms with E-state index in [1.807, 2.05) is 0 Å². The highest BCUT2D eigenvalue weighted by molar-refractivity contribution is 6.30. The summed E-state index contributed by atoms with van der Waals surface area (Å²) in [4.78, 5) is 12.4. The first-order chi connectivity index (χ1) is 16.5. The van der Waals surface area contributed by atoms with E-state index in [1.54, 1.807) is 87.0 Å². The van der Waals surface area contributed by atoms with E-state index in [-0.39, 0.29) is 5.75 Å². The zero-order valence-electron chi connectivity index (χ0n) is 18.9. The second kappa shape index (κ2) is 11.6. The molecular weight excluding hydrogens is 454 g/mol. The summed E-state index contributed by atoms with van der Waals surface area (Å²) >= 11 is 5.93. The predicted molar refractivity (Wildman–Crippen MR) is 132 cm³/mol. The van der Waals surface area contributed by atoms with Gasteiger partial charge in [-0.05, 0) is 65.2 Å². The minimum Gasteiger partial charge on any atom is -0.493 e. The molecule has 0 heterocycles. The van der Waals surface area contributed by atoms with Crippen LogP contribution in [0.1, 0.15) is 16.7 Å². The highest BCUT2D eigenvalue weighted by atomic mass is 35.5. The van der Waals surface area contributed by atoms with Gasteiger partial charge in [-0.2, -0.15) is 5.26 Å². The number of nitrogens with zero attached hydrogens (tertiary/aromatic N) is 1. The van der Waals surface area contributed by atoms with Crippen molar-refractivity contribution in [2.75, 3.05) is 21.3 Å². The van der Waals surface area contributed by atoms with Crippen molar-refractivity contribution in [1.82, 2.24) is 0 Å². The van der Waals surface area contributed by atoms with Gasteiger partial charge in [0, 0.05) is 11.1 Å². The first-order valence-electron chi connectivity index (χ1n) is 10.1. The van der Waals surface area contributed by atoms with Crippen LogP contribution in [0.2, 0.25) is 5.02 Å². The molecule has 0 aliphatic heterocycles. The van der Waals surface area contributed by atoms with Crippen LogP contribution in [0.4, 0.5) is 0 Å². The number of carbonyl (C=O) groups is 1. The Balaban J connectivity index is 1.77. The molecule has 3 aromatic rings. The van der Waals surface area contributed by atoms with Gasteiger partial charge in [-0.15, -0.1) is 0 Å². The molecule has 0 bridgehead atoms. The first-order valence-corrected chi connectivity index (χ1v) is 10.5. The fraction of sp³-hybridized carbons (Fsp3) is 0.111. The van der Waals surface area contributed by atoms with Gasteiger partial charge in [0.2, 0.25) is 0 Å². The van der Waals surface area contributed by atoms with Crippen LogP contribution in [0.15, 0.2) is 66.7 Å². The van der Waals surface area contributed by atoms with Gasteiger partial charge < -0.3 is 18.9 Å². The summed E-state index contributed by atoms with van der Waals surface area (Å²) in [5.41, 5.74) is 2.65. The van der Waals surface area contributed by atoms with E-state index in [0.29, 0.717) is 33.4 Å². The SMILES string of the molecule is COc1ccc(C=CC(=O)Oc2ccc(C=C(C#N)c3ccc(Cl)cc3)cc2OC)cc1OC. The van der Waals surface area contributed by atoms with Gasteiger partial charge in [-0.3, -0.25) is 0 Å². The van der Waals surface area contributed by atoms with Crippen LogP contribution in [0.25, 0.3) is 17.7 Å². The van der Waals surface area contributed by atoms with Crippen LogP contribution in [0.5, 0.6) is 23.0 Å². The van der Waals surface area contributed by atoms with Crippen LogP contribution in [0.3, 0.4) is 0 Å². The average Bonchev–Trinajstić information content (AvgIpc) is 2.87. The molecule has 6 nitrogen and oxygen atoms in total. The van der Waals surface area contributed by atoms with Crippen molar-refractivity contribution in [3.8, 4) is 29.1 Å². The number of halogens is 1.